The summed E-state index contributed by atoms with van der Waals surface area (Å²) in [6, 6.07) is 21.3. The fraction of sp³-hybridized carbons (Fsp3) is 0.423. The summed E-state index contributed by atoms with van der Waals surface area (Å²) in [7, 11) is -4.43. The number of carbonyl (C=O) groups is 1. The van der Waals surface area contributed by atoms with Gasteiger partial charge >= 0.3 is 5.97 Å². The second-order valence-electron chi connectivity index (χ2n) is 10.3. The van der Waals surface area contributed by atoms with Crippen LogP contribution >= 0.6 is 0 Å². The largest absolute Gasteiger partial charge is 0.478 e. The van der Waals surface area contributed by atoms with Gasteiger partial charge in [-0.1, -0.05) is 107 Å². The quantitative estimate of drug-likeness (QED) is 0.304. The summed E-state index contributed by atoms with van der Waals surface area (Å²) < 4.78 is 6.92. The van der Waals surface area contributed by atoms with Crippen LogP contribution in [0.2, 0.25) is 24.7 Å². The lowest BCUT2D eigenvalue weighted by atomic mass is 10.1. The van der Waals surface area contributed by atoms with Crippen molar-refractivity contribution in [2.45, 2.75) is 65.2 Å². The molecule has 0 aromatic heterocycles. The minimum atomic E-state index is -2.53. The third kappa shape index (κ3) is 5.85. The van der Waals surface area contributed by atoms with Crippen molar-refractivity contribution in [2.24, 2.45) is 0 Å². The summed E-state index contributed by atoms with van der Waals surface area (Å²) in [6.07, 6.45) is 1.57. The Hall–Kier alpha value is -1.96. The molecule has 31 heavy (non-hydrogen) atoms. The predicted octanol–water partition coefficient (Wildman–Crippen LogP) is 5.62. The summed E-state index contributed by atoms with van der Waals surface area (Å²) in [6.45, 7) is 15.7. The minimum absolute atomic E-state index is 0.0505. The van der Waals surface area contributed by atoms with Gasteiger partial charge < -0.3 is 9.53 Å². The summed E-state index contributed by atoms with van der Waals surface area (Å²) in [4.78, 5) is 11.8. The van der Waals surface area contributed by atoms with Crippen LogP contribution in [0.4, 0.5) is 0 Å². The monoisotopic (exact) mass is 454 g/mol. The lowest BCUT2D eigenvalue weighted by molar-refractivity contribution is -0.132. The third-order valence-corrected chi connectivity index (χ3v) is 13.0. The SMILES string of the molecule is C/C(CCCO[Si](c1ccccc1)(c1ccccc1)C(C)(C)C)=C(\C(=O)O)[Si](C)(C)C. The van der Waals surface area contributed by atoms with Crippen LogP contribution in [0.25, 0.3) is 0 Å². The molecular formula is C26H38O3Si2. The molecule has 2 aromatic carbocycles. The van der Waals surface area contributed by atoms with Crippen molar-refractivity contribution >= 4 is 32.7 Å². The van der Waals surface area contributed by atoms with Gasteiger partial charge in [0.2, 0.25) is 0 Å². The Balaban J connectivity index is 2.35. The van der Waals surface area contributed by atoms with E-state index in [1.54, 1.807) is 0 Å². The van der Waals surface area contributed by atoms with Gasteiger partial charge in [-0.15, -0.1) is 0 Å². The fourth-order valence-corrected chi connectivity index (χ4v) is 11.2. The van der Waals surface area contributed by atoms with Gasteiger partial charge in [-0.05, 0) is 35.2 Å². The van der Waals surface area contributed by atoms with Crippen molar-refractivity contribution in [3.63, 3.8) is 0 Å². The maximum atomic E-state index is 11.8. The molecule has 0 saturated heterocycles. The molecule has 2 aromatic rings. The Bertz CT molecular complexity index is 852. The third-order valence-electron chi connectivity index (χ3n) is 5.82. The van der Waals surface area contributed by atoms with Crippen LogP contribution < -0.4 is 10.4 Å². The minimum Gasteiger partial charge on any atom is -0.478 e. The van der Waals surface area contributed by atoms with Crippen molar-refractivity contribution in [1.29, 1.82) is 0 Å². The van der Waals surface area contributed by atoms with Crippen LogP contribution in [0.5, 0.6) is 0 Å². The van der Waals surface area contributed by atoms with Crippen LogP contribution in [0, 0.1) is 0 Å². The Morgan fingerprint density at radius 2 is 1.35 bits per heavy atom. The molecule has 0 fully saturated rings. The smallest absolute Gasteiger partial charge is 0.327 e. The zero-order valence-electron chi connectivity index (χ0n) is 20.2. The number of allylic oxidation sites excluding steroid dienone is 1. The van der Waals surface area contributed by atoms with E-state index in [1.165, 1.54) is 10.4 Å². The number of benzene rings is 2. The predicted molar refractivity (Wildman–Crippen MR) is 136 cm³/mol. The van der Waals surface area contributed by atoms with Crippen molar-refractivity contribution < 1.29 is 14.3 Å². The lowest BCUT2D eigenvalue weighted by Crippen LogP contribution is -2.66. The summed E-state index contributed by atoms with van der Waals surface area (Å²) >= 11 is 0. The molecule has 0 heterocycles. The van der Waals surface area contributed by atoms with Gasteiger partial charge in [-0.2, -0.15) is 0 Å². The maximum Gasteiger partial charge on any atom is 0.327 e. The van der Waals surface area contributed by atoms with Crippen LogP contribution in [0.15, 0.2) is 71.4 Å². The molecule has 0 aliphatic rings. The summed E-state index contributed by atoms with van der Waals surface area (Å²) in [5, 5.41) is 12.9. The number of hydrogen-bond donors (Lipinski definition) is 1. The van der Waals surface area contributed by atoms with Gasteiger partial charge in [0.05, 0.1) is 8.07 Å². The van der Waals surface area contributed by atoms with E-state index in [-0.39, 0.29) is 5.04 Å². The Morgan fingerprint density at radius 1 is 0.903 bits per heavy atom. The highest BCUT2D eigenvalue weighted by molar-refractivity contribution is 6.99. The number of carboxylic acids is 1. The maximum absolute atomic E-state index is 11.8. The number of hydrogen-bond acceptors (Lipinski definition) is 2. The molecule has 0 radical (unpaired) electrons. The molecule has 0 unspecified atom stereocenters. The molecule has 0 aliphatic carbocycles. The van der Waals surface area contributed by atoms with Gasteiger partial charge in [-0.3, -0.25) is 0 Å². The normalized spacial score (nSPS) is 13.6. The first-order chi connectivity index (χ1) is 14.4. The van der Waals surface area contributed by atoms with Gasteiger partial charge in [-0.25, -0.2) is 4.79 Å². The lowest BCUT2D eigenvalue weighted by Gasteiger charge is -2.43. The second kappa shape index (κ2) is 10.1. The van der Waals surface area contributed by atoms with E-state index >= 15 is 0 Å². The van der Waals surface area contributed by atoms with Crippen LogP contribution in [0.3, 0.4) is 0 Å². The highest BCUT2D eigenvalue weighted by Crippen LogP contribution is 2.37. The van der Waals surface area contributed by atoms with Gasteiger partial charge in [0, 0.05) is 11.8 Å². The van der Waals surface area contributed by atoms with Crippen molar-refractivity contribution in [3.05, 3.63) is 71.4 Å². The highest BCUT2D eigenvalue weighted by atomic mass is 28.4. The van der Waals surface area contributed by atoms with Crippen molar-refractivity contribution in [2.75, 3.05) is 6.61 Å². The average Bonchev–Trinajstić information content (AvgIpc) is 2.67. The molecule has 0 saturated carbocycles. The Morgan fingerprint density at radius 3 is 1.71 bits per heavy atom. The van der Waals surface area contributed by atoms with E-state index in [0.29, 0.717) is 11.8 Å². The first kappa shape index (κ1) is 25.3. The topological polar surface area (TPSA) is 46.5 Å². The molecule has 5 heteroatoms. The number of aliphatic carboxylic acids is 1. The molecule has 0 amide bonds. The molecular weight excluding hydrogens is 416 g/mol. The van der Waals surface area contributed by atoms with Crippen LogP contribution in [-0.4, -0.2) is 34.1 Å². The first-order valence-corrected chi connectivity index (χ1v) is 16.5. The molecule has 2 rings (SSSR count). The molecule has 0 spiro atoms. The molecule has 0 atom stereocenters. The van der Waals surface area contributed by atoms with E-state index < -0.39 is 22.4 Å². The fourth-order valence-electron chi connectivity index (χ4n) is 4.59. The summed E-state index contributed by atoms with van der Waals surface area (Å²) in [5.74, 6) is -0.760. The zero-order valence-corrected chi connectivity index (χ0v) is 22.2. The van der Waals surface area contributed by atoms with E-state index in [4.69, 9.17) is 4.43 Å². The van der Waals surface area contributed by atoms with Crippen LogP contribution in [-0.2, 0) is 9.22 Å². The van der Waals surface area contributed by atoms with Crippen LogP contribution in [0.1, 0.15) is 40.5 Å². The number of carboxylic acid groups (broad SMARTS) is 1. The zero-order chi connectivity index (χ0) is 23.3. The average molecular weight is 455 g/mol. The Labute approximate surface area is 190 Å². The molecule has 0 aliphatic heterocycles. The van der Waals surface area contributed by atoms with Gasteiger partial charge in [0.1, 0.15) is 0 Å². The number of rotatable bonds is 9. The first-order valence-electron chi connectivity index (χ1n) is 11.1. The second-order valence-corrected chi connectivity index (χ2v) is 19.6. The molecule has 168 valence electrons. The molecule has 0 bridgehead atoms. The standard InChI is InChI=1S/C26H38O3Si2/c1-21(24(25(27)28)30(5,6)7)15-14-20-29-31(26(2,3)4,22-16-10-8-11-17-22)23-18-12-9-13-19-23/h8-13,16-19H,14-15,20H2,1-7H3,(H,27,28)/b24-21-. The molecule has 3 nitrogen and oxygen atoms in total. The van der Waals surface area contributed by atoms with E-state index in [0.717, 1.165) is 18.4 Å². The molecule has 1 N–H and O–H groups in total. The Kier molecular flexibility index (Phi) is 8.25. The van der Waals surface area contributed by atoms with E-state index in [2.05, 4.69) is 88.9 Å². The summed E-state index contributed by atoms with van der Waals surface area (Å²) in [5.41, 5.74) is 0.998. The van der Waals surface area contributed by atoms with E-state index in [1.807, 2.05) is 19.1 Å². The van der Waals surface area contributed by atoms with Crippen molar-refractivity contribution in [3.8, 4) is 0 Å². The highest BCUT2D eigenvalue weighted by Gasteiger charge is 2.49. The van der Waals surface area contributed by atoms with E-state index in [9.17, 15) is 9.90 Å². The van der Waals surface area contributed by atoms with Crippen molar-refractivity contribution in [1.82, 2.24) is 0 Å². The van der Waals surface area contributed by atoms with Gasteiger partial charge in [0.25, 0.3) is 8.32 Å². The van der Waals surface area contributed by atoms with Gasteiger partial charge in [0.15, 0.2) is 0 Å².